The molecule has 2 atom stereocenters. The van der Waals surface area contributed by atoms with Gasteiger partial charge in [-0.15, -0.1) is 0 Å². The zero-order chi connectivity index (χ0) is 30.7. The van der Waals surface area contributed by atoms with Gasteiger partial charge in [-0.2, -0.15) is 0 Å². The van der Waals surface area contributed by atoms with Gasteiger partial charge in [0.25, 0.3) is 5.91 Å². The number of rotatable bonds is 7. The molecule has 3 amide bonds. The lowest BCUT2D eigenvalue weighted by atomic mass is 9.90. The maximum atomic E-state index is 14.5. The molecular weight excluding hydrogens is 514 g/mol. The van der Waals surface area contributed by atoms with E-state index in [9.17, 15) is 14.4 Å². The number of carbonyl (C=O) groups excluding carboxylic acids is 3. The lowest BCUT2D eigenvalue weighted by molar-refractivity contribution is -0.147. The summed E-state index contributed by atoms with van der Waals surface area (Å²) in [5.74, 6) is -0.961. The van der Waals surface area contributed by atoms with Crippen LogP contribution < -0.4 is 10.6 Å². The Morgan fingerprint density at radius 3 is 2.05 bits per heavy atom. The Bertz CT molecular complexity index is 1420. The Hall–Kier alpha value is -3.87. The number of hydrogen-bond acceptors (Lipinski definition) is 4. The monoisotopic (exact) mass is 559 g/mol. The zero-order valence-corrected chi connectivity index (χ0v) is 26.1. The van der Waals surface area contributed by atoms with Gasteiger partial charge in [0.2, 0.25) is 5.91 Å². The molecule has 3 aromatic carbocycles. The van der Waals surface area contributed by atoms with Gasteiger partial charge in [-0.05, 0) is 101 Å². The maximum Gasteiger partial charge on any atom is 0.408 e. The second-order valence-corrected chi connectivity index (χ2v) is 13.0. The molecule has 0 aromatic heterocycles. The van der Waals surface area contributed by atoms with Crippen molar-refractivity contribution in [2.24, 2.45) is 5.92 Å². The SMILES string of the molecule is Cc1cccc(C(C(=O)Nc2ccc3ccccc3c2)N(C(=O)C(NC(=O)OC(C)(C)C)C(C)C)C(C)(C)C)c1C. The zero-order valence-electron chi connectivity index (χ0n) is 26.1. The van der Waals surface area contributed by atoms with E-state index in [0.29, 0.717) is 5.69 Å². The van der Waals surface area contributed by atoms with Crippen molar-refractivity contribution < 1.29 is 19.1 Å². The van der Waals surface area contributed by atoms with E-state index in [1.54, 1.807) is 25.7 Å². The summed E-state index contributed by atoms with van der Waals surface area (Å²) in [6.07, 6.45) is -0.678. The van der Waals surface area contributed by atoms with E-state index in [4.69, 9.17) is 4.74 Å². The molecule has 7 nitrogen and oxygen atoms in total. The standard InChI is InChI=1S/C34H45N3O4/c1-21(2)28(36-32(40)41-34(8,9)10)31(39)37(33(5,6)7)29(27-17-13-14-22(3)23(27)4)30(38)35-26-19-18-24-15-11-12-16-25(24)20-26/h11-21,28-29H,1-10H3,(H,35,38)(H,36,40). The summed E-state index contributed by atoms with van der Waals surface area (Å²) < 4.78 is 5.48. The van der Waals surface area contributed by atoms with Gasteiger partial charge >= 0.3 is 6.09 Å². The van der Waals surface area contributed by atoms with Crippen LogP contribution in [0.1, 0.15) is 78.1 Å². The smallest absolute Gasteiger partial charge is 0.408 e. The summed E-state index contributed by atoms with van der Waals surface area (Å²) in [6.45, 7) is 18.7. The van der Waals surface area contributed by atoms with Crippen molar-refractivity contribution in [3.63, 3.8) is 0 Å². The molecule has 0 saturated carbocycles. The fourth-order valence-electron chi connectivity index (χ4n) is 4.89. The van der Waals surface area contributed by atoms with Crippen molar-refractivity contribution in [2.75, 3.05) is 5.32 Å². The maximum absolute atomic E-state index is 14.5. The van der Waals surface area contributed by atoms with Crippen LogP contribution in [0.5, 0.6) is 0 Å². The van der Waals surface area contributed by atoms with Crippen molar-refractivity contribution in [2.45, 2.75) is 92.5 Å². The predicted octanol–water partition coefficient (Wildman–Crippen LogP) is 7.31. The molecule has 0 spiro atoms. The summed E-state index contributed by atoms with van der Waals surface area (Å²) in [4.78, 5) is 43.1. The Labute approximate surface area is 244 Å². The van der Waals surface area contributed by atoms with E-state index in [1.807, 2.05) is 109 Å². The fraction of sp³-hybridized carbons (Fsp3) is 0.441. The van der Waals surface area contributed by atoms with Crippen LogP contribution in [0.15, 0.2) is 60.7 Å². The van der Waals surface area contributed by atoms with E-state index in [2.05, 4.69) is 10.6 Å². The highest BCUT2D eigenvalue weighted by Crippen LogP contribution is 2.34. The first-order chi connectivity index (χ1) is 19.0. The summed E-state index contributed by atoms with van der Waals surface area (Å²) in [7, 11) is 0. The van der Waals surface area contributed by atoms with Gasteiger partial charge in [-0.3, -0.25) is 9.59 Å². The van der Waals surface area contributed by atoms with Gasteiger partial charge < -0.3 is 20.3 Å². The van der Waals surface area contributed by atoms with Gasteiger partial charge in [0.1, 0.15) is 17.7 Å². The van der Waals surface area contributed by atoms with Gasteiger partial charge in [0.05, 0.1) is 0 Å². The molecule has 3 aromatic rings. The molecule has 0 radical (unpaired) electrons. The number of carbonyl (C=O) groups is 3. The summed E-state index contributed by atoms with van der Waals surface area (Å²) in [5, 5.41) is 7.93. The van der Waals surface area contributed by atoms with Crippen LogP contribution in [0.25, 0.3) is 10.8 Å². The Morgan fingerprint density at radius 2 is 1.46 bits per heavy atom. The van der Waals surface area contributed by atoms with Crippen molar-refractivity contribution >= 4 is 34.4 Å². The summed E-state index contributed by atoms with van der Waals surface area (Å²) >= 11 is 0. The number of alkyl carbamates (subject to hydrolysis) is 1. The molecule has 220 valence electrons. The predicted molar refractivity (Wildman–Crippen MR) is 166 cm³/mol. The molecule has 0 aliphatic heterocycles. The molecule has 0 aliphatic rings. The van der Waals surface area contributed by atoms with E-state index in [0.717, 1.165) is 27.5 Å². The molecule has 41 heavy (non-hydrogen) atoms. The summed E-state index contributed by atoms with van der Waals surface area (Å²) in [5.41, 5.74) is 1.80. The van der Waals surface area contributed by atoms with Crippen LogP contribution in [0.4, 0.5) is 10.5 Å². The number of fused-ring (bicyclic) bond motifs is 1. The number of ether oxygens (including phenoxy) is 1. The topological polar surface area (TPSA) is 87.7 Å². The van der Waals surface area contributed by atoms with Crippen LogP contribution in [0.2, 0.25) is 0 Å². The van der Waals surface area contributed by atoms with Crippen LogP contribution in [0.3, 0.4) is 0 Å². The van der Waals surface area contributed by atoms with Crippen molar-refractivity contribution in [1.29, 1.82) is 0 Å². The molecule has 3 rings (SSSR count). The van der Waals surface area contributed by atoms with Gasteiger partial charge in [0, 0.05) is 11.2 Å². The molecule has 0 aliphatic carbocycles. The van der Waals surface area contributed by atoms with Crippen molar-refractivity contribution in [3.05, 3.63) is 77.4 Å². The number of nitrogens with zero attached hydrogens (tertiary/aromatic N) is 1. The molecule has 2 N–H and O–H groups in total. The highest BCUT2D eigenvalue weighted by Gasteiger charge is 2.43. The van der Waals surface area contributed by atoms with Crippen LogP contribution in [0, 0.1) is 19.8 Å². The van der Waals surface area contributed by atoms with Crippen LogP contribution in [-0.4, -0.2) is 40.0 Å². The highest BCUT2D eigenvalue weighted by molar-refractivity contribution is 6.01. The summed E-state index contributed by atoms with van der Waals surface area (Å²) in [6, 6.07) is 17.6. The number of nitrogens with one attached hydrogen (secondary N) is 2. The second-order valence-electron chi connectivity index (χ2n) is 13.0. The number of amides is 3. The number of hydrogen-bond donors (Lipinski definition) is 2. The number of benzene rings is 3. The van der Waals surface area contributed by atoms with E-state index >= 15 is 0 Å². The molecule has 2 unspecified atom stereocenters. The van der Waals surface area contributed by atoms with Crippen LogP contribution in [-0.2, 0) is 14.3 Å². The first-order valence-corrected chi connectivity index (χ1v) is 14.2. The normalized spacial score (nSPS) is 13.4. The average Bonchev–Trinajstić information content (AvgIpc) is 2.85. The molecule has 0 heterocycles. The van der Waals surface area contributed by atoms with Gasteiger partial charge in [0.15, 0.2) is 0 Å². The van der Waals surface area contributed by atoms with Gasteiger partial charge in [-0.25, -0.2) is 4.79 Å². The van der Waals surface area contributed by atoms with Crippen molar-refractivity contribution in [3.8, 4) is 0 Å². The Kier molecular flexibility index (Phi) is 9.52. The minimum absolute atomic E-state index is 0.261. The fourth-order valence-corrected chi connectivity index (χ4v) is 4.89. The number of aryl methyl sites for hydroxylation is 1. The highest BCUT2D eigenvalue weighted by atomic mass is 16.6. The Morgan fingerprint density at radius 1 is 0.829 bits per heavy atom. The molecule has 7 heteroatoms. The van der Waals surface area contributed by atoms with Crippen LogP contribution >= 0.6 is 0 Å². The minimum Gasteiger partial charge on any atom is -0.444 e. The van der Waals surface area contributed by atoms with Gasteiger partial charge in [-0.1, -0.05) is 62.4 Å². The molecule has 0 bridgehead atoms. The second kappa shape index (κ2) is 12.3. The average molecular weight is 560 g/mol. The lowest BCUT2D eigenvalue weighted by Gasteiger charge is -2.44. The third kappa shape index (κ3) is 7.87. The first-order valence-electron chi connectivity index (χ1n) is 14.2. The minimum atomic E-state index is -0.962. The first kappa shape index (κ1) is 31.7. The Balaban J connectivity index is 2.11. The van der Waals surface area contributed by atoms with E-state index in [1.165, 1.54) is 0 Å². The molecular formula is C34H45N3O4. The third-order valence-electron chi connectivity index (χ3n) is 7.03. The van der Waals surface area contributed by atoms with E-state index < -0.39 is 29.3 Å². The molecule has 0 fully saturated rings. The lowest BCUT2D eigenvalue weighted by Crippen LogP contribution is -2.59. The molecule has 0 saturated heterocycles. The third-order valence-corrected chi connectivity index (χ3v) is 7.03. The number of anilines is 1. The van der Waals surface area contributed by atoms with Crippen molar-refractivity contribution in [1.82, 2.24) is 10.2 Å². The van der Waals surface area contributed by atoms with E-state index in [-0.39, 0.29) is 17.7 Å². The largest absolute Gasteiger partial charge is 0.444 e. The quantitative estimate of drug-likeness (QED) is 0.318.